The van der Waals surface area contributed by atoms with E-state index in [-0.39, 0.29) is 11.3 Å². The molecule has 0 atom stereocenters. The third-order valence-electron chi connectivity index (χ3n) is 2.65. The van der Waals surface area contributed by atoms with Crippen molar-refractivity contribution in [2.24, 2.45) is 5.10 Å². The van der Waals surface area contributed by atoms with Gasteiger partial charge in [-0.25, -0.2) is 4.79 Å². The van der Waals surface area contributed by atoms with Gasteiger partial charge in [0.15, 0.2) is 0 Å². The molecule has 0 saturated carbocycles. The number of carboxylic acid groups (broad SMARTS) is 1. The predicted octanol–water partition coefficient (Wildman–Crippen LogP) is 3.73. The van der Waals surface area contributed by atoms with Crippen molar-refractivity contribution in [3.05, 3.63) is 59.7 Å². The Hall–Kier alpha value is -3.03. The van der Waals surface area contributed by atoms with Crippen molar-refractivity contribution in [3.63, 3.8) is 0 Å². The highest BCUT2D eigenvalue weighted by molar-refractivity contribution is 5.88. The number of hydrogen-bond donors (Lipinski definition) is 2. The van der Waals surface area contributed by atoms with Gasteiger partial charge < -0.3 is 9.84 Å². The molecule has 0 amide bonds. The van der Waals surface area contributed by atoms with Crippen LogP contribution in [0.4, 0.5) is 18.9 Å². The number of ether oxygens (including phenoxy) is 1. The van der Waals surface area contributed by atoms with E-state index in [1.54, 1.807) is 12.1 Å². The molecule has 0 aliphatic carbocycles. The highest BCUT2D eigenvalue weighted by Crippen LogP contribution is 2.22. The molecule has 2 aromatic rings. The summed E-state index contributed by atoms with van der Waals surface area (Å²) in [5.74, 6) is -1.34. The first-order valence-electron chi connectivity index (χ1n) is 6.32. The molecular formula is C15H11F3N2O3. The molecule has 0 fully saturated rings. The third kappa shape index (κ3) is 5.34. The number of hydrazone groups is 1. The Morgan fingerprint density at radius 2 is 1.70 bits per heavy atom. The van der Waals surface area contributed by atoms with Crippen molar-refractivity contribution < 1.29 is 27.8 Å². The lowest BCUT2D eigenvalue weighted by molar-refractivity contribution is -0.274. The van der Waals surface area contributed by atoms with Crippen LogP contribution in [0.25, 0.3) is 0 Å². The number of alkyl halides is 3. The number of anilines is 1. The van der Waals surface area contributed by atoms with Gasteiger partial charge in [-0.1, -0.05) is 0 Å². The summed E-state index contributed by atoms with van der Waals surface area (Å²) in [6.07, 6.45) is -3.32. The Labute approximate surface area is 129 Å². The maximum Gasteiger partial charge on any atom is 0.573 e. The van der Waals surface area contributed by atoms with Gasteiger partial charge in [0.25, 0.3) is 0 Å². The molecule has 2 rings (SSSR count). The van der Waals surface area contributed by atoms with E-state index in [0.29, 0.717) is 11.3 Å². The van der Waals surface area contributed by atoms with Gasteiger partial charge in [-0.3, -0.25) is 5.43 Å². The second-order valence-corrected chi connectivity index (χ2v) is 4.37. The van der Waals surface area contributed by atoms with Crippen LogP contribution in [-0.2, 0) is 0 Å². The summed E-state index contributed by atoms with van der Waals surface area (Å²) in [6, 6.07) is 11.1. The Bertz CT molecular complexity index is 695. The van der Waals surface area contributed by atoms with Crippen molar-refractivity contribution in [2.45, 2.75) is 6.36 Å². The number of carbonyl (C=O) groups is 1. The van der Waals surface area contributed by atoms with Gasteiger partial charge >= 0.3 is 12.3 Å². The van der Waals surface area contributed by atoms with Crippen molar-refractivity contribution in [1.29, 1.82) is 0 Å². The van der Waals surface area contributed by atoms with E-state index >= 15 is 0 Å². The fourth-order valence-electron chi connectivity index (χ4n) is 1.62. The van der Waals surface area contributed by atoms with E-state index in [9.17, 15) is 18.0 Å². The van der Waals surface area contributed by atoms with E-state index in [0.717, 1.165) is 0 Å². The molecule has 0 aliphatic heterocycles. The summed E-state index contributed by atoms with van der Waals surface area (Å²) in [6.45, 7) is 0. The lowest BCUT2D eigenvalue weighted by Crippen LogP contribution is -2.17. The summed E-state index contributed by atoms with van der Waals surface area (Å²) in [4.78, 5) is 10.7. The number of nitrogens with one attached hydrogen (secondary N) is 1. The van der Waals surface area contributed by atoms with E-state index in [1.807, 2.05) is 0 Å². The Morgan fingerprint density at radius 1 is 1.09 bits per heavy atom. The maximum atomic E-state index is 12.0. The lowest BCUT2D eigenvalue weighted by Gasteiger charge is -2.08. The zero-order valence-corrected chi connectivity index (χ0v) is 11.5. The maximum absolute atomic E-state index is 12.0. The van der Waals surface area contributed by atoms with Crippen molar-refractivity contribution >= 4 is 17.9 Å². The van der Waals surface area contributed by atoms with Crippen LogP contribution in [0.3, 0.4) is 0 Å². The standard InChI is InChI=1S/C15H11F3N2O3/c16-15(17,18)23-13-7-1-10(2-8-13)9-19-20-12-5-3-11(4-6-12)14(21)22/h1-9,20H,(H,21,22)/b19-9+. The second-order valence-electron chi connectivity index (χ2n) is 4.37. The average molecular weight is 324 g/mol. The van der Waals surface area contributed by atoms with Gasteiger partial charge in [-0.2, -0.15) is 5.10 Å². The van der Waals surface area contributed by atoms with Crippen molar-refractivity contribution in [1.82, 2.24) is 0 Å². The van der Waals surface area contributed by atoms with Crippen molar-refractivity contribution in [2.75, 3.05) is 5.43 Å². The number of carboxylic acids is 1. The number of rotatable bonds is 5. The molecule has 0 unspecified atom stereocenters. The first-order valence-corrected chi connectivity index (χ1v) is 6.32. The Kier molecular flexibility index (Phi) is 4.85. The van der Waals surface area contributed by atoms with Crippen LogP contribution in [0.1, 0.15) is 15.9 Å². The fourth-order valence-corrected chi connectivity index (χ4v) is 1.62. The number of benzene rings is 2. The first-order chi connectivity index (χ1) is 10.8. The Balaban J connectivity index is 1.94. The van der Waals surface area contributed by atoms with E-state index in [2.05, 4.69) is 15.3 Å². The molecule has 5 nitrogen and oxygen atoms in total. The topological polar surface area (TPSA) is 70.9 Å². The minimum atomic E-state index is -4.72. The van der Waals surface area contributed by atoms with Gasteiger partial charge in [0.2, 0.25) is 0 Å². The number of halogens is 3. The molecule has 0 radical (unpaired) electrons. The highest BCUT2D eigenvalue weighted by atomic mass is 19.4. The average Bonchev–Trinajstić information content (AvgIpc) is 2.48. The summed E-state index contributed by atoms with van der Waals surface area (Å²) in [5, 5.41) is 12.7. The van der Waals surface area contributed by atoms with Crippen molar-refractivity contribution in [3.8, 4) is 5.75 Å². The molecule has 0 aliphatic rings. The Morgan fingerprint density at radius 3 is 2.22 bits per heavy atom. The summed E-state index contributed by atoms with van der Waals surface area (Å²) >= 11 is 0. The van der Waals surface area contributed by atoms with Crippen LogP contribution >= 0.6 is 0 Å². The SMILES string of the molecule is O=C(O)c1ccc(N/N=C/c2ccc(OC(F)(F)F)cc2)cc1. The minimum absolute atomic E-state index is 0.153. The first kappa shape index (κ1) is 16.3. The zero-order valence-electron chi connectivity index (χ0n) is 11.5. The number of aromatic carboxylic acids is 1. The molecule has 0 saturated heterocycles. The lowest BCUT2D eigenvalue weighted by atomic mass is 10.2. The smallest absolute Gasteiger partial charge is 0.478 e. The van der Waals surface area contributed by atoms with Crippen LogP contribution in [-0.4, -0.2) is 23.7 Å². The highest BCUT2D eigenvalue weighted by Gasteiger charge is 2.30. The predicted molar refractivity (Wildman–Crippen MR) is 77.7 cm³/mol. The summed E-state index contributed by atoms with van der Waals surface area (Å²) in [7, 11) is 0. The van der Waals surface area contributed by atoms with Crippen LogP contribution in [0.15, 0.2) is 53.6 Å². The zero-order chi connectivity index (χ0) is 16.9. The summed E-state index contributed by atoms with van der Waals surface area (Å²) < 4.78 is 39.8. The van der Waals surface area contributed by atoms with Crippen LogP contribution in [0, 0.1) is 0 Å². The molecule has 2 aromatic carbocycles. The molecule has 2 N–H and O–H groups in total. The van der Waals surface area contributed by atoms with Gasteiger partial charge in [-0.15, -0.1) is 13.2 Å². The molecule has 23 heavy (non-hydrogen) atoms. The fraction of sp³-hybridized carbons (Fsp3) is 0.0667. The van der Waals surface area contributed by atoms with E-state index < -0.39 is 12.3 Å². The van der Waals surface area contributed by atoms with Gasteiger partial charge in [0, 0.05) is 0 Å². The van der Waals surface area contributed by atoms with Gasteiger partial charge in [0.05, 0.1) is 17.5 Å². The molecule has 120 valence electrons. The molecule has 0 bridgehead atoms. The van der Waals surface area contributed by atoms with Crippen LogP contribution in [0.2, 0.25) is 0 Å². The van der Waals surface area contributed by atoms with E-state index in [4.69, 9.17) is 5.11 Å². The molecular weight excluding hydrogens is 313 g/mol. The largest absolute Gasteiger partial charge is 0.573 e. The monoisotopic (exact) mass is 324 g/mol. The molecule has 0 heterocycles. The number of nitrogens with zero attached hydrogens (tertiary/aromatic N) is 1. The third-order valence-corrected chi connectivity index (χ3v) is 2.65. The van der Waals surface area contributed by atoms with Crippen LogP contribution in [0.5, 0.6) is 5.75 Å². The minimum Gasteiger partial charge on any atom is -0.478 e. The summed E-state index contributed by atoms with van der Waals surface area (Å²) in [5.41, 5.74) is 3.97. The molecule has 0 spiro atoms. The molecule has 8 heteroatoms. The van der Waals surface area contributed by atoms with Gasteiger partial charge in [-0.05, 0) is 54.1 Å². The molecule has 0 aromatic heterocycles. The van der Waals surface area contributed by atoms with Crippen LogP contribution < -0.4 is 10.2 Å². The second kappa shape index (κ2) is 6.82. The quantitative estimate of drug-likeness (QED) is 0.649. The van der Waals surface area contributed by atoms with Gasteiger partial charge in [0.1, 0.15) is 5.75 Å². The van der Waals surface area contributed by atoms with E-state index in [1.165, 1.54) is 42.6 Å². The normalized spacial score (nSPS) is 11.4. The number of hydrogen-bond acceptors (Lipinski definition) is 4.